The topological polar surface area (TPSA) is 102 Å². The van der Waals surface area contributed by atoms with Crippen LogP contribution in [0.4, 0.5) is 0 Å². The van der Waals surface area contributed by atoms with E-state index in [1.165, 1.54) is 16.5 Å². The molecule has 176 valence electrons. The van der Waals surface area contributed by atoms with E-state index < -0.39 is 5.91 Å². The second-order valence-electron chi connectivity index (χ2n) is 7.87. The van der Waals surface area contributed by atoms with Gasteiger partial charge in [0.2, 0.25) is 0 Å². The maximum absolute atomic E-state index is 13.3. The Kier molecular flexibility index (Phi) is 7.20. The van der Waals surface area contributed by atoms with Crippen LogP contribution in [-0.2, 0) is 16.1 Å². The molecule has 0 fully saturated rings. The van der Waals surface area contributed by atoms with E-state index in [-0.39, 0.29) is 22.0 Å². The van der Waals surface area contributed by atoms with Crippen molar-refractivity contribution in [3.63, 3.8) is 0 Å². The number of nitriles is 1. The van der Waals surface area contributed by atoms with Crippen LogP contribution in [0, 0.1) is 18.3 Å². The lowest BCUT2D eigenvalue weighted by atomic mass is 10.2. The van der Waals surface area contributed by atoms with Crippen molar-refractivity contribution in [1.82, 2.24) is 14.0 Å². The maximum Gasteiger partial charge on any atom is 0.271 e. The van der Waals surface area contributed by atoms with E-state index in [0.717, 1.165) is 11.1 Å². The highest BCUT2D eigenvalue weighted by atomic mass is 35.5. The largest absolute Gasteiger partial charge is 0.385 e. The summed E-state index contributed by atoms with van der Waals surface area (Å²) in [7, 11) is 1.59. The van der Waals surface area contributed by atoms with Gasteiger partial charge in [0, 0.05) is 37.6 Å². The Morgan fingerprint density at radius 2 is 2.03 bits per heavy atom. The van der Waals surface area contributed by atoms with E-state index in [0.29, 0.717) is 35.9 Å². The molecular formula is C26H22ClN5O3. The van der Waals surface area contributed by atoms with Gasteiger partial charge in [-0.3, -0.25) is 14.0 Å². The number of pyridine rings is 2. The number of fused-ring (bicyclic) bond motifs is 2. The average Bonchev–Trinajstić information content (AvgIpc) is 2.85. The van der Waals surface area contributed by atoms with Crippen LogP contribution >= 0.6 is 11.6 Å². The number of hydrogen-bond acceptors (Lipinski definition) is 5. The Bertz CT molecular complexity index is 1630. The summed E-state index contributed by atoms with van der Waals surface area (Å²) in [5.74, 6) is -0.551. The van der Waals surface area contributed by atoms with Gasteiger partial charge in [0.15, 0.2) is 5.49 Å². The zero-order chi connectivity index (χ0) is 24.9. The molecule has 0 spiro atoms. The van der Waals surface area contributed by atoms with Gasteiger partial charge in [0.05, 0.1) is 10.9 Å². The molecule has 0 aliphatic rings. The smallest absolute Gasteiger partial charge is 0.271 e. The van der Waals surface area contributed by atoms with Gasteiger partial charge in [-0.15, -0.1) is 0 Å². The minimum absolute atomic E-state index is 0.106. The molecule has 3 aromatic heterocycles. The second-order valence-corrected chi connectivity index (χ2v) is 8.30. The van der Waals surface area contributed by atoms with Crippen LogP contribution in [0.25, 0.3) is 22.8 Å². The van der Waals surface area contributed by atoms with Crippen molar-refractivity contribution in [2.24, 2.45) is 4.99 Å². The molecule has 35 heavy (non-hydrogen) atoms. The molecule has 0 aliphatic carbocycles. The van der Waals surface area contributed by atoms with E-state index in [9.17, 15) is 14.9 Å². The Labute approximate surface area is 206 Å². The Morgan fingerprint density at radius 3 is 2.74 bits per heavy atom. The molecule has 0 radical (unpaired) electrons. The molecule has 9 heteroatoms. The number of aromatic nitrogens is 3. The van der Waals surface area contributed by atoms with E-state index in [1.807, 2.05) is 13.0 Å². The number of methoxy groups -OCH3 is 1. The van der Waals surface area contributed by atoms with Gasteiger partial charge < -0.3 is 9.30 Å². The van der Waals surface area contributed by atoms with Crippen molar-refractivity contribution < 1.29 is 9.53 Å². The van der Waals surface area contributed by atoms with Crippen LogP contribution in [0.5, 0.6) is 0 Å². The number of aryl methyl sites for hydroxylation is 2. The predicted molar refractivity (Wildman–Crippen MR) is 134 cm³/mol. The number of halogens is 1. The number of ether oxygens (including phenoxy) is 1. The van der Waals surface area contributed by atoms with Crippen LogP contribution in [-0.4, -0.2) is 33.6 Å². The molecule has 8 nitrogen and oxygen atoms in total. The summed E-state index contributed by atoms with van der Waals surface area (Å²) in [4.78, 5) is 35.0. The van der Waals surface area contributed by atoms with Crippen molar-refractivity contribution in [2.75, 3.05) is 13.7 Å². The maximum atomic E-state index is 13.3. The number of amides is 1. The standard InChI is InChI=1S/C26H22ClN5O3/c1-17-5-3-12-32-23(17)30-25-21(26(32)34)15-19(16-28)24(31(25)13-4-14-35-2)29-22(33)11-8-18-6-9-20(27)10-7-18/h3,5-12,15H,4,13-14H2,1-2H3/b11-8+,29-24?. The number of nitrogens with zero attached hydrogens (tertiary/aromatic N) is 5. The number of carbonyl (C=O) groups excluding carboxylic acids is 1. The Morgan fingerprint density at radius 1 is 1.26 bits per heavy atom. The number of rotatable bonds is 6. The third-order valence-electron chi connectivity index (χ3n) is 5.46. The fourth-order valence-corrected chi connectivity index (χ4v) is 3.88. The van der Waals surface area contributed by atoms with E-state index in [4.69, 9.17) is 21.3 Å². The summed E-state index contributed by atoms with van der Waals surface area (Å²) < 4.78 is 8.28. The Balaban J connectivity index is 1.94. The molecular weight excluding hydrogens is 466 g/mol. The van der Waals surface area contributed by atoms with Crippen LogP contribution in [0.3, 0.4) is 0 Å². The fraction of sp³-hybridized carbons (Fsp3) is 0.192. The summed E-state index contributed by atoms with van der Waals surface area (Å²) in [6.45, 7) is 2.66. The highest BCUT2D eigenvalue weighted by Gasteiger charge is 2.15. The van der Waals surface area contributed by atoms with Crippen molar-refractivity contribution in [3.8, 4) is 6.07 Å². The minimum Gasteiger partial charge on any atom is -0.385 e. The van der Waals surface area contributed by atoms with Crippen LogP contribution in [0.2, 0.25) is 5.02 Å². The van der Waals surface area contributed by atoms with Crippen molar-refractivity contribution in [2.45, 2.75) is 19.9 Å². The van der Waals surface area contributed by atoms with Gasteiger partial charge in [-0.2, -0.15) is 10.3 Å². The summed E-state index contributed by atoms with van der Waals surface area (Å²) >= 11 is 5.91. The van der Waals surface area contributed by atoms with E-state index in [2.05, 4.69) is 11.1 Å². The summed E-state index contributed by atoms with van der Waals surface area (Å²) in [6, 6.07) is 14.2. The summed E-state index contributed by atoms with van der Waals surface area (Å²) in [5.41, 5.74) is 2.40. The number of benzene rings is 1. The molecule has 0 saturated carbocycles. The third kappa shape index (κ3) is 5.06. The first-order chi connectivity index (χ1) is 16.9. The van der Waals surface area contributed by atoms with Crippen LogP contribution < -0.4 is 11.0 Å². The lowest BCUT2D eigenvalue weighted by Gasteiger charge is -2.14. The third-order valence-corrected chi connectivity index (χ3v) is 5.71. The average molecular weight is 488 g/mol. The molecule has 0 aliphatic heterocycles. The Hall–Kier alpha value is -4.06. The predicted octanol–water partition coefficient (Wildman–Crippen LogP) is 3.66. The van der Waals surface area contributed by atoms with Crippen LogP contribution in [0.15, 0.2) is 64.5 Å². The van der Waals surface area contributed by atoms with Crippen molar-refractivity contribution in [1.29, 1.82) is 5.26 Å². The zero-order valence-electron chi connectivity index (χ0n) is 19.2. The van der Waals surface area contributed by atoms with Crippen molar-refractivity contribution in [3.05, 3.63) is 92.3 Å². The molecule has 0 bridgehead atoms. The molecule has 1 aromatic carbocycles. The monoisotopic (exact) mass is 487 g/mol. The second kappa shape index (κ2) is 10.5. The number of hydrogen-bond donors (Lipinski definition) is 0. The van der Waals surface area contributed by atoms with E-state index in [1.54, 1.807) is 54.3 Å². The fourth-order valence-electron chi connectivity index (χ4n) is 3.75. The van der Waals surface area contributed by atoms with Gasteiger partial charge >= 0.3 is 0 Å². The van der Waals surface area contributed by atoms with E-state index >= 15 is 0 Å². The number of carbonyl (C=O) groups is 1. The quantitative estimate of drug-likeness (QED) is 0.234. The molecule has 1 amide bonds. The molecule has 0 N–H and O–H groups in total. The summed E-state index contributed by atoms with van der Waals surface area (Å²) in [6.07, 6.45) is 5.14. The SMILES string of the molecule is COCCCn1c(=NC(=O)/C=C/c2ccc(Cl)cc2)c(C#N)cc2c(=O)n3cccc(C)c3nc21. The lowest BCUT2D eigenvalue weighted by molar-refractivity contribution is -0.113. The van der Waals surface area contributed by atoms with Gasteiger partial charge in [-0.25, -0.2) is 4.98 Å². The first-order valence-electron chi connectivity index (χ1n) is 10.9. The highest BCUT2D eigenvalue weighted by Crippen LogP contribution is 2.14. The molecule has 4 aromatic rings. The zero-order valence-corrected chi connectivity index (χ0v) is 20.0. The molecule has 0 unspecified atom stereocenters. The highest BCUT2D eigenvalue weighted by molar-refractivity contribution is 6.30. The first kappa shape index (κ1) is 24.1. The molecule has 3 heterocycles. The normalized spacial score (nSPS) is 12.0. The van der Waals surface area contributed by atoms with Crippen LogP contribution in [0.1, 0.15) is 23.1 Å². The molecule has 4 rings (SSSR count). The minimum atomic E-state index is -0.551. The molecule has 0 saturated heterocycles. The van der Waals surface area contributed by atoms with Crippen molar-refractivity contribution >= 4 is 40.3 Å². The first-order valence-corrected chi connectivity index (χ1v) is 11.3. The lowest BCUT2D eigenvalue weighted by Crippen LogP contribution is -2.30. The molecule has 0 atom stereocenters. The summed E-state index contributed by atoms with van der Waals surface area (Å²) in [5, 5.41) is 10.7. The van der Waals surface area contributed by atoms with Gasteiger partial charge in [0.1, 0.15) is 17.4 Å². The van der Waals surface area contributed by atoms with Gasteiger partial charge in [-0.05, 0) is 54.8 Å². The van der Waals surface area contributed by atoms with Gasteiger partial charge in [0.25, 0.3) is 11.5 Å². The van der Waals surface area contributed by atoms with Gasteiger partial charge in [-0.1, -0.05) is 29.8 Å².